The van der Waals surface area contributed by atoms with Gasteiger partial charge >= 0.3 is 0 Å². The maximum Gasteiger partial charge on any atom is -0.0153 e. The Morgan fingerprint density at radius 2 is 1.33 bits per heavy atom. The lowest BCUT2D eigenvalue weighted by Crippen LogP contribution is -2.09. The molecule has 0 spiro atoms. The van der Waals surface area contributed by atoms with Gasteiger partial charge in [-0.15, -0.1) is 0 Å². The van der Waals surface area contributed by atoms with Crippen molar-refractivity contribution >= 4 is 0 Å². The van der Waals surface area contributed by atoms with Crippen LogP contribution in [0, 0.1) is 5.41 Å². The van der Waals surface area contributed by atoms with E-state index in [-0.39, 0.29) is 0 Å². The second-order valence-electron chi connectivity index (χ2n) is 3.02. The Kier molecular flexibility index (Phi) is 15.9. The molecule has 0 saturated heterocycles. The first-order valence-corrected chi connectivity index (χ1v) is 5.16. The van der Waals surface area contributed by atoms with Crippen molar-refractivity contribution in [3.63, 3.8) is 0 Å². The predicted octanol–water partition coefficient (Wildman–Crippen LogP) is 5.05. The van der Waals surface area contributed by atoms with Crippen molar-refractivity contribution in [1.82, 2.24) is 0 Å². The molecule has 0 nitrogen and oxygen atoms in total. The SMILES string of the molecule is C=C(C)C(C)(C)CC.CC.CC. The second-order valence-corrected chi connectivity index (χ2v) is 3.02. The first kappa shape index (κ1) is 17.7. The summed E-state index contributed by atoms with van der Waals surface area (Å²) in [5.74, 6) is 0. The summed E-state index contributed by atoms with van der Waals surface area (Å²) in [5.41, 5.74) is 1.62. The second kappa shape index (κ2) is 10.7. The molecule has 0 aliphatic heterocycles. The normalized spacial score (nSPS) is 8.67. The molecule has 76 valence electrons. The molecule has 0 unspecified atom stereocenters. The van der Waals surface area contributed by atoms with Gasteiger partial charge < -0.3 is 0 Å². The summed E-state index contributed by atoms with van der Waals surface area (Å²) in [5, 5.41) is 0. The summed E-state index contributed by atoms with van der Waals surface area (Å²) < 4.78 is 0. The summed E-state index contributed by atoms with van der Waals surface area (Å²) >= 11 is 0. The lowest BCUT2D eigenvalue weighted by molar-refractivity contribution is 0.431. The van der Waals surface area contributed by atoms with Crippen LogP contribution in [-0.4, -0.2) is 0 Å². The van der Waals surface area contributed by atoms with E-state index in [1.165, 1.54) is 12.0 Å². The van der Waals surface area contributed by atoms with Crippen molar-refractivity contribution in [2.75, 3.05) is 0 Å². The van der Waals surface area contributed by atoms with Crippen LogP contribution < -0.4 is 0 Å². The van der Waals surface area contributed by atoms with Gasteiger partial charge in [-0.2, -0.15) is 0 Å². The van der Waals surface area contributed by atoms with E-state index in [1.54, 1.807) is 0 Å². The topological polar surface area (TPSA) is 0 Å². The van der Waals surface area contributed by atoms with Crippen LogP contribution in [0.15, 0.2) is 12.2 Å². The molecule has 0 aliphatic rings. The van der Waals surface area contributed by atoms with Crippen LogP contribution >= 0.6 is 0 Å². The molecule has 0 saturated carbocycles. The standard InChI is InChI=1S/C8H16.2C2H6/c1-6-8(4,5)7(2)3;2*1-2/h2,6H2,1,3-5H3;2*1-2H3. The Morgan fingerprint density at radius 3 is 1.33 bits per heavy atom. The zero-order chi connectivity index (χ0) is 10.8. The molecule has 0 bridgehead atoms. The van der Waals surface area contributed by atoms with Gasteiger partial charge in [0.2, 0.25) is 0 Å². The average molecular weight is 172 g/mol. The Labute approximate surface area is 80.1 Å². The smallest absolute Gasteiger partial charge is 0.0153 e. The summed E-state index contributed by atoms with van der Waals surface area (Å²) in [6.07, 6.45) is 1.18. The van der Waals surface area contributed by atoms with Crippen LogP contribution in [-0.2, 0) is 0 Å². The fraction of sp³-hybridized carbons (Fsp3) is 0.833. The van der Waals surface area contributed by atoms with Crippen molar-refractivity contribution in [2.24, 2.45) is 5.41 Å². The van der Waals surface area contributed by atoms with E-state index in [0.29, 0.717) is 5.41 Å². The first-order chi connectivity index (χ1) is 5.50. The monoisotopic (exact) mass is 172 g/mol. The fourth-order valence-corrected chi connectivity index (χ4v) is 0.302. The molecular weight excluding hydrogens is 144 g/mol. The van der Waals surface area contributed by atoms with Gasteiger partial charge in [0.1, 0.15) is 0 Å². The molecule has 12 heavy (non-hydrogen) atoms. The summed E-state index contributed by atoms with van der Waals surface area (Å²) in [6, 6.07) is 0. The van der Waals surface area contributed by atoms with E-state index in [4.69, 9.17) is 0 Å². The van der Waals surface area contributed by atoms with Crippen molar-refractivity contribution in [3.8, 4) is 0 Å². The predicted molar refractivity (Wildman–Crippen MR) is 61.6 cm³/mol. The largest absolute Gasteiger partial charge is 0.0996 e. The Morgan fingerprint density at radius 1 is 1.08 bits per heavy atom. The number of hydrogen-bond acceptors (Lipinski definition) is 0. The average Bonchev–Trinajstić information content (AvgIpc) is 2.11. The lowest BCUT2D eigenvalue weighted by Gasteiger charge is -2.22. The molecule has 0 aliphatic carbocycles. The van der Waals surface area contributed by atoms with Gasteiger partial charge in [-0.05, 0) is 18.8 Å². The molecule has 0 heteroatoms. The summed E-state index contributed by atoms with van der Waals surface area (Å²) in [6.45, 7) is 20.6. The third-order valence-corrected chi connectivity index (χ3v) is 2.04. The Balaban J connectivity index is -0.000000175. The highest BCUT2D eigenvalue weighted by Gasteiger charge is 2.14. The first-order valence-electron chi connectivity index (χ1n) is 5.16. The van der Waals surface area contributed by atoms with E-state index in [0.717, 1.165) is 0 Å². The molecule has 0 aromatic heterocycles. The van der Waals surface area contributed by atoms with Crippen LogP contribution in [0.3, 0.4) is 0 Å². The van der Waals surface area contributed by atoms with Gasteiger partial charge in [0, 0.05) is 0 Å². The Hall–Kier alpha value is -0.260. The molecule has 0 amide bonds. The van der Waals surface area contributed by atoms with Crippen LogP contribution in [0.2, 0.25) is 0 Å². The molecule has 0 aromatic carbocycles. The zero-order valence-corrected chi connectivity index (χ0v) is 10.4. The summed E-state index contributed by atoms with van der Waals surface area (Å²) in [4.78, 5) is 0. The maximum atomic E-state index is 3.90. The highest BCUT2D eigenvalue weighted by Crippen LogP contribution is 2.27. The van der Waals surface area contributed by atoms with Crippen LogP contribution in [0.25, 0.3) is 0 Å². The van der Waals surface area contributed by atoms with E-state index >= 15 is 0 Å². The number of hydrogen-bond donors (Lipinski definition) is 0. The molecule has 0 rings (SSSR count). The minimum absolute atomic E-state index is 0.347. The molecule has 0 N–H and O–H groups in total. The molecule has 0 aromatic rings. The van der Waals surface area contributed by atoms with Gasteiger partial charge in [0.25, 0.3) is 0 Å². The van der Waals surface area contributed by atoms with Crippen LogP contribution in [0.1, 0.15) is 61.8 Å². The summed E-state index contributed by atoms with van der Waals surface area (Å²) in [7, 11) is 0. The molecular formula is C12H28. The van der Waals surface area contributed by atoms with Gasteiger partial charge in [0.05, 0.1) is 0 Å². The lowest BCUT2D eigenvalue weighted by atomic mass is 9.84. The van der Waals surface area contributed by atoms with Crippen molar-refractivity contribution < 1.29 is 0 Å². The van der Waals surface area contributed by atoms with Crippen molar-refractivity contribution in [1.29, 1.82) is 0 Å². The highest BCUT2D eigenvalue weighted by molar-refractivity contribution is 5.01. The maximum absolute atomic E-state index is 3.90. The molecule has 0 heterocycles. The van der Waals surface area contributed by atoms with Crippen molar-refractivity contribution in [2.45, 2.75) is 61.8 Å². The van der Waals surface area contributed by atoms with Crippen LogP contribution in [0.4, 0.5) is 0 Å². The molecule has 0 fully saturated rings. The molecule has 0 radical (unpaired) electrons. The van der Waals surface area contributed by atoms with Gasteiger partial charge in [-0.1, -0.05) is 60.6 Å². The molecule has 0 atom stereocenters. The van der Waals surface area contributed by atoms with E-state index < -0.39 is 0 Å². The number of rotatable bonds is 2. The van der Waals surface area contributed by atoms with Crippen LogP contribution in [0.5, 0.6) is 0 Å². The third-order valence-electron chi connectivity index (χ3n) is 2.04. The minimum Gasteiger partial charge on any atom is -0.0996 e. The van der Waals surface area contributed by atoms with E-state index in [2.05, 4.69) is 34.3 Å². The Bertz CT molecular complexity index is 88.2. The fourth-order valence-electron chi connectivity index (χ4n) is 0.302. The van der Waals surface area contributed by atoms with Gasteiger partial charge in [-0.25, -0.2) is 0 Å². The highest BCUT2D eigenvalue weighted by atomic mass is 14.2. The third kappa shape index (κ3) is 9.74. The minimum atomic E-state index is 0.347. The quantitative estimate of drug-likeness (QED) is 0.511. The van der Waals surface area contributed by atoms with Gasteiger partial charge in [-0.3, -0.25) is 0 Å². The van der Waals surface area contributed by atoms with E-state index in [1.807, 2.05) is 27.7 Å². The number of allylic oxidation sites excluding steroid dienone is 1. The van der Waals surface area contributed by atoms with Crippen molar-refractivity contribution in [3.05, 3.63) is 12.2 Å². The van der Waals surface area contributed by atoms with E-state index in [9.17, 15) is 0 Å². The van der Waals surface area contributed by atoms with Gasteiger partial charge in [0.15, 0.2) is 0 Å². The zero-order valence-electron chi connectivity index (χ0n) is 10.4.